The van der Waals surface area contributed by atoms with E-state index in [9.17, 15) is 14.9 Å². The Morgan fingerprint density at radius 3 is 2.44 bits per heavy atom. The minimum atomic E-state index is -0.837. The lowest BCUT2D eigenvalue weighted by Crippen LogP contribution is -2.13. The second-order valence-electron chi connectivity index (χ2n) is 2.76. The summed E-state index contributed by atoms with van der Waals surface area (Å²) in [5.74, 6) is 0.202. The minimum Gasteiger partial charge on any atom is -0.420 e. The molecule has 0 amide bonds. The first kappa shape index (κ1) is 12.7. The molecule has 0 heterocycles. The van der Waals surface area contributed by atoms with Crippen molar-refractivity contribution in [3.63, 3.8) is 0 Å². The molecule has 0 radical (unpaired) electrons. The molecule has 0 spiro atoms. The van der Waals surface area contributed by atoms with Gasteiger partial charge in [0.15, 0.2) is 4.11 Å². The lowest BCUT2D eigenvalue weighted by atomic mass is 10.3. The average molecular weight is 337 g/mol. The standard InChI is InChI=1S/C9H8INO5/c1-6(10)15-9(12)16-8-4-2-7(3-5-8)11(13)14/h2-6H,1H3/t6-/m0/s1. The molecule has 0 saturated heterocycles. The predicted octanol–water partition coefficient (Wildman–Crippen LogP) is 2.89. The van der Waals surface area contributed by atoms with E-state index in [1.54, 1.807) is 6.92 Å². The van der Waals surface area contributed by atoms with Crippen molar-refractivity contribution in [1.29, 1.82) is 0 Å². The van der Waals surface area contributed by atoms with Crippen LogP contribution in [0.2, 0.25) is 0 Å². The highest BCUT2D eigenvalue weighted by molar-refractivity contribution is 14.1. The van der Waals surface area contributed by atoms with Crippen molar-refractivity contribution in [2.75, 3.05) is 0 Å². The molecular formula is C9H8INO5. The second kappa shape index (κ2) is 5.64. The first-order valence-electron chi connectivity index (χ1n) is 4.26. The zero-order valence-corrected chi connectivity index (χ0v) is 10.4. The van der Waals surface area contributed by atoms with Gasteiger partial charge in [0.25, 0.3) is 5.69 Å². The molecule has 0 fully saturated rings. The van der Waals surface area contributed by atoms with E-state index in [0.29, 0.717) is 0 Å². The van der Waals surface area contributed by atoms with Crippen LogP contribution < -0.4 is 4.74 Å². The molecule has 1 aromatic rings. The van der Waals surface area contributed by atoms with E-state index in [0.717, 1.165) is 0 Å². The van der Waals surface area contributed by atoms with E-state index < -0.39 is 11.1 Å². The first-order valence-corrected chi connectivity index (χ1v) is 5.50. The van der Waals surface area contributed by atoms with Crippen LogP contribution in [0.4, 0.5) is 10.5 Å². The molecule has 1 rings (SSSR count). The third-order valence-electron chi connectivity index (χ3n) is 1.51. The summed E-state index contributed by atoms with van der Waals surface area (Å²) in [6.07, 6.45) is -0.837. The third-order valence-corrected chi connectivity index (χ3v) is 1.76. The van der Waals surface area contributed by atoms with Crippen LogP contribution in [0.5, 0.6) is 5.75 Å². The van der Waals surface area contributed by atoms with Crippen molar-refractivity contribution in [3.8, 4) is 5.75 Å². The third kappa shape index (κ3) is 4.01. The first-order chi connectivity index (χ1) is 7.49. The van der Waals surface area contributed by atoms with Gasteiger partial charge in [0.05, 0.1) is 4.92 Å². The highest BCUT2D eigenvalue weighted by atomic mass is 127. The summed E-state index contributed by atoms with van der Waals surface area (Å²) in [6, 6.07) is 5.15. The van der Waals surface area contributed by atoms with Crippen LogP contribution in [-0.2, 0) is 4.74 Å². The normalized spacial score (nSPS) is 11.6. The van der Waals surface area contributed by atoms with Crippen LogP contribution in [-0.4, -0.2) is 15.2 Å². The number of hydrogen-bond donors (Lipinski definition) is 0. The predicted molar refractivity (Wildman–Crippen MR) is 63.7 cm³/mol. The van der Waals surface area contributed by atoms with Gasteiger partial charge in [0.2, 0.25) is 0 Å². The summed E-state index contributed by atoms with van der Waals surface area (Å²) in [6.45, 7) is 1.68. The fourth-order valence-electron chi connectivity index (χ4n) is 0.889. The lowest BCUT2D eigenvalue weighted by molar-refractivity contribution is -0.384. The molecular weight excluding hydrogens is 329 g/mol. The zero-order chi connectivity index (χ0) is 12.1. The Balaban J connectivity index is 2.62. The van der Waals surface area contributed by atoms with Gasteiger partial charge < -0.3 is 9.47 Å². The van der Waals surface area contributed by atoms with Crippen LogP contribution in [0, 0.1) is 10.1 Å². The number of carbonyl (C=O) groups excluding carboxylic acids is 1. The molecule has 6 nitrogen and oxygen atoms in total. The number of alkyl halides is 1. The van der Waals surface area contributed by atoms with Gasteiger partial charge >= 0.3 is 6.16 Å². The van der Waals surface area contributed by atoms with Gasteiger partial charge in [-0.25, -0.2) is 4.79 Å². The van der Waals surface area contributed by atoms with Gasteiger partial charge in [-0.1, -0.05) is 0 Å². The highest BCUT2D eigenvalue weighted by Crippen LogP contribution is 2.18. The van der Waals surface area contributed by atoms with Crippen LogP contribution in [0.1, 0.15) is 6.92 Å². The number of non-ortho nitro benzene ring substituents is 1. The Labute approximate surface area is 105 Å². The molecule has 0 saturated carbocycles. The van der Waals surface area contributed by atoms with Crippen LogP contribution in [0.25, 0.3) is 0 Å². The number of hydrogen-bond acceptors (Lipinski definition) is 5. The van der Waals surface area contributed by atoms with Gasteiger partial charge in [-0.2, -0.15) is 0 Å². The molecule has 0 N–H and O–H groups in total. The molecule has 0 aromatic heterocycles. The van der Waals surface area contributed by atoms with Gasteiger partial charge in [-0.15, -0.1) is 0 Å². The molecule has 7 heteroatoms. The van der Waals surface area contributed by atoms with Crippen molar-refractivity contribution in [2.45, 2.75) is 11.0 Å². The maximum atomic E-state index is 11.1. The summed E-state index contributed by atoms with van der Waals surface area (Å²) in [4.78, 5) is 20.9. The molecule has 86 valence electrons. The van der Waals surface area contributed by atoms with E-state index in [2.05, 4.69) is 0 Å². The van der Waals surface area contributed by atoms with E-state index >= 15 is 0 Å². The maximum Gasteiger partial charge on any atom is 0.514 e. The SMILES string of the molecule is C[C@@H](I)OC(=O)Oc1ccc([N+](=O)[O-])cc1. The summed E-state index contributed by atoms with van der Waals surface area (Å²) in [5.41, 5.74) is -0.0667. The maximum absolute atomic E-state index is 11.1. The molecule has 0 aliphatic heterocycles. The molecule has 0 unspecified atom stereocenters. The quantitative estimate of drug-likeness (QED) is 0.212. The van der Waals surface area contributed by atoms with Crippen LogP contribution in [0.15, 0.2) is 24.3 Å². The van der Waals surface area contributed by atoms with Crippen molar-refractivity contribution in [2.24, 2.45) is 0 Å². The van der Waals surface area contributed by atoms with E-state index in [4.69, 9.17) is 9.47 Å². The lowest BCUT2D eigenvalue weighted by Gasteiger charge is -2.06. The van der Waals surface area contributed by atoms with Crippen molar-refractivity contribution < 1.29 is 19.2 Å². The Morgan fingerprint density at radius 1 is 1.44 bits per heavy atom. The summed E-state index contributed by atoms with van der Waals surface area (Å²) in [7, 11) is 0. The number of carbonyl (C=O) groups is 1. The monoisotopic (exact) mass is 337 g/mol. The Bertz CT molecular complexity index is 389. The van der Waals surface area contributed by atoms with E-state index in [-0.39, 0.29) is 15.5 Å². The minimum absolute atomic E-state index is 0.0667. The number of rotatable bonds is 3. The van der Waals surface area contributed by atoms with Crippen LogP contribution >= 0.6 is 22.6 Å². The highest BCUT2D eigenvalue weighted by Gasteiger charge is 2.10. The fourth-order valence-corrected chi connectivity index (χ4v) is 1.10. The second-order valence-corrected chi connectivity index (χ2v) is 4.52. The Hall–Kier alpha value is -1.38. The Kier molecular flexibility index (Phi) is 4.47. The van der Waals surface area contributed by atoms with Gasteiger partial charge in [0, 0.05) is 12.1 Å². The number of nitro benzene ring substituents is 1. The number of ether oxygens (including phenoxy) is 2. The average Bonchev–Trinajstić information content (AvgIpc) is 2.16. The van der Waals surface area contributed by atoms with Gasteiger partial charge in [0.1, 0.15) is 5.75 Å². The van der Waals surface area contributed by atoms with Crippen molar-refractivity contribution >= 4 is 34.4 Å². The molecule has 0 bridgehead atoms. The van der Waals surface area contributed by atoms with E-state index in [1.165, 1.54) is 24.3 Å². The number of benzene rings is 1. The number of nitro groups is 1. The van der Waals surface area contributed by atoms with Crippen molar-refractivity contribution in [1.82, 2.24) is 0 Å². The summed E-state index contributed by atoms with van der Waals surface area (Å²) in [5, 5.41) is 10.4. The summed E-state index contributed by atoms with van der Waals surface area (Å²) < 4.78 is 9.19. The largest absolute Gasteiger partial charge is 0.514 e. The molecule has 1 atom stereocenters. The zero-order valence-electron chi connectivity index (χ0n) is 8.25. The smallest absolute Gasteiger partial charge is 0.420 e. The molecule has 0 aliphatic rings. The summed E-state index contributed by atoms with van der Waals surface area (Å²) >= 11 is 1.90. The molecule has 0 aliphatic carbocycles. The van der Waals surface area contributed by atoms with E-state index in [1.807, 2.05) is 22.6 Å². The number of halogens is 1. The Morgan fingerprint density at radius 2 is 2.00 bits per heavy atom. The molecule has 16 heavy (non-hydrogen) atoms. The molecule has 1 aromatic carbocycles. The van der Waals surface area contributed by atoms with Crippen LogP contribution in [0.3, 0.4) is 0 Å². The topological polar surface area (TPSA) is 78.7 Å². The van der Waals surface area contributed by atoms with Gasteiger partial charge in [-0.3, -0.25) is 10.1 Å². The van der Waals surface area contributed by atoms with Gasteiger partial charge in [-0.05, 0) is 41.6 Å². The van der Waals surface area contributed by atoms with Crippen molar-refractivity contribution in [3.05, 3.63) is 34.4 Å². The number of nitrogens with zero attached hydrogens (tertiary/aromatic N) is 1. The fraction of sp³-hybridized carbons (Fsp3) is 0.222.